The van der Waals surface area contributed by atoms with Crippen LogP contribution in [-0.2, 0) is 28.9 Å². The van der Waals surface area contributed by atoms with Crippen LogP contribution < -0.4 is 0 Å². The molecule has 1 atom stereocenters. The van der Waals surface area contributed by atoms with Gasteiger partial charge < -0.3 is 14.1 Å². The van der Waals surface area contributed by atoms with Crippen LogP contribution in [0, 0.1) is 5.41 Å². The first-order chi connectivity index (χ1) is 20.8. The fourth-order valence-corrected chi connectivity index (χ4v) is 6.25. The van der Waals surface area contributed by atoms with E-state index in [1.807, 2.05) is 6.20 Å². The van der Waals surface area contributed by atoms with Crippen molar-refractivity contribution in [1.29, 1.82) is 0 Å². The average molecular weight is 579 g/mol. The van der Waals surface area contributed by atoms with Crippen LogP contribution >= 0.6 is 0 Å². The second kappa shape index (κ2) is 15.2. The van der Waals surface area contributed by atoms with Gasteiger partial charge in [0.15, 0.2) is 0 Å². The zero-order chi connectivity index (χ0) is 30.8. The zero-order valence-corrected chi connectivity index (χ0v) is 27.0. The first kappa shape index (κ1) is 32.3. The quantitative estimate of drug-likeness (QED) is 0.0711. The van der Waals surface area contributed by atoms with Gasteiger partial charge in [-0.15, -0.1) is 0 Å². The maximum atomic E-state index is 10.6. The summed E-state index contributed by atoms with van der Waals surface area (Å²) in [7, 11) is 0. The Morgan fingerprint density at radius 1 is 1.00 bits per heavy atom. The van der Waals surface area contributed by atoms with Crippen molar-refractivity contribution < 1.29 is 9.53 Å². The Balaban J connectivity index is 1.81. The van der Waals surface area contributed by atoms with Gasteiger partial charge in [-0.1, -0.05) is 77.4 Å². The van der Waals surface area contributed by atoms with Gasteiger partial charge in [-0.05, 0) is 91.5 Å². The highest BCUT2D eigenvalue weighted by molar-refractivity contribution is 5.95. The molecule has 4 rings (SSSR count). The second-order valence-corrected chi connectivity index (χ2v) is 12.7. The van der Waals surface area contributed by atoms with Crippen LogP contribution in [0.1, 0.15) is 95.9 Å². The van der Waals surface area contributed by atoms with Crippen LogP contribution in [0.4, 0.5) is 0 Å². The number of aldehydes is 1. The molecule has 0 radical (unpaired) electrons. The number of pyridine rings is 1. The monoisotopic (exact) mass is 578 g/mol. The van der Waals surface area contributed by atoms with Gasteiger partial charge in [0.1, 0.15) is 6.29 Å². The molecule has 1 unspecified atom stereocenters. The molecule has 2 aromatic heterocycles. The Morgan fingerprint density at radius 2 is 1.79 bits per heavy atom. The van der Waals surface area contributed by atoms with E-state index < -0.39 is 0 Å². The van der Waals surface area contributed by atoms with E-state index in [0.29, 0.717) is 18.9 Å². The number of benzene rings is 2. The highest BCUT2D eigenvalue weighted by atomic mass is 16.5. The van der Waals surface area contributed by atoms with E-state index in [1.54, 1.807) is 6.26 Å². The van der Waals surface area contributed by atoms with Gasteiger partial charge in [-0.25, -0.2) is 0 Å². The van der Waals surface area contributed by atoms with Crippen LogP contribution in [0.2, 0.25) is 0 Å². The fraction of sp³-hybridized carbons (Fsp3) is 0.436. The molecule has 0 aliphatic carbocycles. The molecule has 0 saturated carbocycles. The minimum absolute atomic E-state index is 0.0871. The predicted octanol–water partition coefficient (Wildman–Crippen LogP) is 10.3. The molecule has 4 aromatic rings. The van der Waals surface area contributed by atoms with E-state index >= 15 is 0 Å². The summed E-state index contributed by atoms with van der Waals surface area (Å²) in [6.07, 6.45) is 12.6. The number of ether oxygens (including phenoxy) is 1. The van der Waals surface area contributed by atoms with Crippen molar-refractivity contribution in [2.75, 3.05) is 6.61 Å². The number of carbonyl (C=O) groups excluding carboxylic acids is 1. The van der Waals surface area contributed by atoms with Crippen molar-refractivity contribution in [2.45, 2.75) is 98.4 Å². The molecular weight excluding hydrogens is 528 g/mol. The molecule has 4 nitrogen and oxygen atoms in total. The second-order valence-electron chi connectivity index (χ2n) is 12.7. The van der Waals surface area contributed by atoms with Gasteiger partial charge in [0.25, 0.3) is 0 Å². The summed E-state index contributed by atoms with van der Waals surface area (Å²) >= 11 is 0. The Hall–Kier alpha value is -3.66. The number of carbonyl (C=O) groups is 1. The first-order valence-corrected chi connectivity index (χ1v) is 16.2. The Labute approximate surface area is 259 Å². The molecule has 0 amide bonds. The Morgan fingerprint density at radius 3 is 2.53 bits per heavy atom. The molecule has 0 saturated heterocycles. The van der Waals surface area contributed by atoms with Gasteiger partial charge in [-0.3, -0.25) is 4.98 Å². The molecule has 0 aliphatic rings. The molecule has 0 aliphatic heterocycles. The summed E-state index contributed by atoms with van der Waals surface area (Å²) in [5, 5.41) is 1.31. The number of fused-ring (bicyclic) bond motifs is 1. The van der Waals surface area contributed by atoms with E-state index in [2.05, 4.69) is 100 Å². The largest absolute Gasteiger partial charge is 0.501 e. The normalized spacial score (nSPS) is 12.4. The Bertz CT molecular complexity index is 1510. The van der Waals surface area contributed by atoms with E-state index in [1.165, 1.54) is 56.5 Å². The molecule has 0 bridgehead atoms. The number of hydrogen-bond acceptors (Lipinski definition) is 3. The number of aryl methyl sites for hydroxylation is 2. The molecule has 2 aromatic carbocycles. The van der Waals surface area contributed by atoms with E-state index in [9.17, 15) is 4.79 Å². The standard InChI is InChI=1S/C39H50N2O2/c1-7-29(4)37-33(20-16-23-40-37)38-35(27-39(5,6)28-43-9-3)34-26-32(21-22-36(34)41(38)8-2)31-19-15-18-30(25-31)17-13-11-10-12-14-24-42/h9,15-16,18-26,29H,3,7-8,10-14,17,27-28H2,1-2,4-6H3. The summed E-state index contributed by atoms with van der Waals surface area (Å²) in [4.78, 5) is 15.5. The van der Waals surface area contributed by atoms with Crippen LogP contribution in [0.3, 0.4) is 0 Å². The lowest BCUT2D eigenvalue weighted by atomic mass is 9.83. The lowest BCUT2D eigenvalue weighted by Gasteiger charge is -2.25. The third-order valence-electron chi connectivity index (χ3n) is 8.70. The van der Waals surface area contributed by atoms with E-state index in [0.717, 1.165) is 51.4 Å². The van der Waals surface area contributed by atoms with E-state index in [-0.39, 0.29) is 5.41 Å². The van der Waals surface area contributed by atoms with Crippen molar-refractivity contribution in [1.82, 2.24) is 9.55 Å². The molecular formula is C39H50N2O2. The van der Waals surface area contributed by atoms with Crippen LogP contribution in [0.25, 0.3) is 33.3 Å². The number of hydrogen-bond donors (Lipinski definition) is 0. The lowest BCUT2D eigenvalue weighted by molar-refractivity contribution is -0.107. The van der Waals surface area contributed by atoms with Gasteiger partial charge >= 0.3 is 0 Å². The minimum atomic E-state index is -0.0871. The number of nitrogens with zero attached hydrogens (tertiary/aromatic N) is 2. The van der Waals surface area contributed by atoms with Crippen molar-refractivity contribution in [3.63, 3.8) is 0 Å². The minimum Gasteiger partial charge on any atom is -0.501 e. The summed E-state index contributed by atoms with van der Waals surface area (Å²) in [5.41, 5.74) is 10.1. The molecule has 4 heteroatoms. The SMILES string of the molecule is C=COCC(C)(C)Cc1c(-c2cccnc2C(C)CC)n(CC)c2ccc(-c3cccc(CCCCCCC=O)c3)cc12. The summed E-state index contributed by atoms with van der Waals surface area (Å²) in [6, 6.07) is 20.4. The number of rotatable bonds is 17. The summed E-state index contributed by atoms with van der Waals surface area (Å²) < 4.78 is 8.22. The van der Waals surface area contributed by atoms with Crippen molar-refractivity contribution in [3.05, 3.63) is 90.5 Å². The molecule has 228 valence electrons. The molecule has 43 heavy (non-hydrogen) atoms. The maximum absolute atomic E-state index is 10.6. The zero-order valence-electron chi connectivity index (χ0n) is 27.0. The van der Waals surface area contributed by atoms with Crippen LogP contribution in [-0.4, -0.2) is 22.4 Å². The fourth-order valence-electron chi connectivity index (χ4n) is 6.25. The van der Waals surface area contributed by atoms with Gasteiger partial charge in [0, 0.05) is 41.0 Å². The third kappa shape index (κ3) is 7.84. The van der Waals surface area contributed by atoms with Gasteiger partial charge in [-0.2, -0.15) is 0 Å². The maximum Gasteiger partial charge on any atom is 0.119 e. The van der Waals surface area contributed by atoms with Gasteiger partial charge in [0.2, 0.25) is 0 Å². The third-order valence-corrected chi connectivity index (χ3v) is 8.70. The Kier molecular flexibility index (Phi) is 11.4. The molecule has 2 heterocycles. The highest BCUT2D eigenvalue weighted by Crippen LogP contribution is 2.42. The highest BCUT2D eigenvalue weighted by Gasteiger charge is 2.28. The van der Waals surface area contributed by atoms with E-state index in [4.69, 9.17) is 9.72 Å². The van der Waals surface area contributed by atoms with Crippen molar-refractivity contribution in [2.24, 2.45) is 5.41 Å². The lowest BCUT2D eigenvalue weighted by Crippen LogP contribution is -2.21. The average Bonchev–Trinajstić information content (AvgIpc) is 3.33. The van der Waals surface area contributed by atoms with Crippen LogP contribution in [0.15, 0.2) is 73.6 Å². The summed E-state index contributed by atoms with van der Waals surface area (Å²) in [5.74, 6) is 0.368. The first-order valence-electron chi connectivity index (χ1n) is 16.2. The van der Waals surface area contributed by atoms with Gasteiger partial charge in [0.05, 0.1) is 24.3 Å². The molecule has 0 fully saturated rings. The number of aromatic nitrogens is 2. The van der Waals surface area contributed by atoms with Crippen molar-refractivity contribution in [3.8, 4) is 22.4 Å². The molecule has 0 N–H and O–H groups in total. The smallest absolute Gasteiger partial charge is 0.119 e. The summed E-state index contributed by atoms with van der Waals surface area (Å²) in [6.45, 7) is 16.6. The van der Waals surface area contributed by atoms with Crippen molar-refractivity contribution >= 4 is 17.2 Å². The molecule has 0 spiro atoms. The predicted molar refractivity (Wildman–Crippen MR) is 181 cm³/mol. The number of unbranched alkanes of at least 4 members (excludes halogenated alkanes) is 4. The van der Waals surface area contributed by atoms with Crippen LogP contribution in [0.5, 0.6) is 0 Å². The topological polar surface area (TPSA) is 44.1 Å².